The highest BCUT2D eigenvalue weighted by Crippen LogP contribution is 2.25. The van der Waals surface area contributed by atoms with Crippen LogP contribution in [0.15, 0.2) is 52.0 Å². The molecule has 0 saturated carbocycles. The summed E-state index contributed by atoms with van der Waals surface area (Å²) in [5.41, 5.74) is -0.0721. The summed E-state index contributed by atoms with van der Waals surface area (Å²) in [6.07, 6.45) is 1.53. The third kappa shape index (κ3) is 4.64. The van der Waals surface area contributed by atoms with E-state index in [2.05, 4.69) is 0 Å². The van der Waals surface area contributed by atoms with Crippen molar-refractivity contribution in [2.75, 3.05) is 13.6 Å². The van der Waals surface area contributed by atoms with Crippen LogP contribution in [0.5, 0.6) is 0 Å². The van der Waals surface area contributed by atoms with E-state index in [1.54, 1.807) is 32.7 Å². The molecule has 118 valence electrons. The van der Waals surface area contributed by atoms with Crippen LogP contribution in [0.3, 0.4) is 0 Å². The molecule has 2 aromatic rings. The molecule has 1 aromatic carbocycles. The lowest BCUT2D eigenvalue weighted by molar-refractivity contribution is 0.0351. The summed E-state index contributed by atoms with van der Waals surface area (Å²) in [7, 11) is 1.66. The van der Waals surface area contributed by atoms with E-state index in [4.69, 9.17) is 4.42 Å². The van der Waals surface area contributed by atoms with Crippen LogP contribution in [0, 0.1) is 0 Å². The normalized spacial score (nSPS) is 11.5. The van der Waals surface area contributed by atoms with E-state index >= 15 is 0 Å². The summed E-state index contributed by atoms with van der Waals surface area (Å²) in [5.74, 6) is 0.795. The third-order valence-electron chi connectivity index (χ3n) is 3.05. The summed E-state index contributed by atoms with van der Waals surface area (Å²) >= 11 is 1.65. The molecule has 0 fully saturated rings. The summed E-state index contributed by atoms with van der Waals surface area (Å²) < 4.78 is 5.36. The minimum absolute atomic E-state index is 0.212. The van der Waals surface area contributed by atoms with Crippen molar-refractivity contribution in [1.29, 1.82) is 0 Å². The standard InChI is InChI=1S/C17H21NO3S/c1-17(2,20)12-18(3)16(19)15-13(9-10-21-15)11-22-14-7-5-4-6-8-14/h4-10,20H,11-12H2,1-3H3. The van der Waals surface area contributed by atoms with Gasteiger partial charge in [0.05, 0.1) is 11.9 Å². The Morgan fingerprint density at radius 3 is 2.59 bits per heavy atom. The Hall–Kier alpha value is -1.72. The molecule has 0 saturated heterocycles. The number of carbonyl (C=O) groups is 1. The fourth-order valence-electron chi connectivity index (χ4n) is 2.14. The number of hydrogen-bond acceptors (Lipinski definition) is 4. The van der Waals surface area contributed by atoms with E-state index in [-0.39, 0.29) is 12.5 Å². The highest BCUT2D eigenvalue weighted by atomic mass is 32.2. The van der Waals surface area contributed by atoms with Gasteiger partial charge in [0.1, 0.15) is 0 Å². The first-order valence-electron chi connectivity index (χ1n) is 7.09. The van der Waals surface area contributed by atoms with Gasteiger partial charge in [-0.25, -0.2) is 0 Å². The minimum atomic E-state index is -0.935. The van der Waals surface area contributed by atoms with Crippen molar-refractivity contribution in [2.45, 2.75) is 30.1 Å². The molecule has 0 atom stereocenters. The fourth-order valence-corrected chi connectivity index (χ4v) is 3.04. The Morgan fingerprint density at radius 1 is 1.27 bits per heavy atom. The van der Waals surface area contributed by atoms with E-state index < -0.39 is 5.60 Å². The van der Waals surface area contributed by atoms with Gasteiger partial charge in [0.25, 0.3) is 5.91 Å². The van der Waals surface area contributed by atoms with Gasteiger partial charge in [0.2, 0.25) is 0 Å². The van der Waals surface area contributed by atoms with Crippen molar-refractivity contribution < 1.29 is 14.3 Å². The first-order valence-corrected chi connectivity index (χ1v) is 8.07. The monoisotopic (exact) mass is 319 g/mol. The number of thioether (sulfide) groups is 1. The van der Waals surface area contributed by atoms with Crippen molar-refractivity contribution in [3.8, 4) is 0 Å². The predicted molar refractivity (Wildman–Crippen MR) is 88.0 cm³/mol. The Morgan fingerprint density at radius 2 is 1.95 bits per heavy atom. The predicted octanol–water partition coefficient (Wildman–Crippen LogP) is 3.41. The molecular formula is C17H21NO3S. The van der Waals surface area contributed by atoms with E-state index in [1.165, 1.54) is 11.2 Å². The van der Waals surface area contributed by atoms with E-state index in [9.17, 15) is 9.90 Å². The molecule has 0 aliphatic carbocycles. The van der Waals surface area contributed by atoms with E-state index in [1.807, 2.05) is 36.4 Å². The van der Waals surface area contributed by atoms with Crippen LogP contribution >= 0.6 is 11.8 Å². The zero-order chi connectivity index (χ0) is 16.2. The second-order valence-corrected chi connectivity index (χ2v) is 6.90. The second kappa shape index (κ2) is 7.03. The molecule has 0 unspecified atom stereocenters. The maximum Gasteiger partial charge on any atom is 0.289 e. The van der Waals surface area contributed by atoms with Crippen molar-refractivity contribution in [3.63, 3.8) is 0 Å². The fraction of sp³-hybridized carbons (Fsp3) is 0.353. The molecule has 0 spiro atoms. The summed E-state index contributed by atoms with van der Waals surface area (Å²) in [6.45, 7) is 3.59. The Labute approximate surface area is 135 Å². The molecule has 0 aliphatic rings. The van der Waals surface area contributed by atoms with E-state index in [0.29, 0.717) is 11.5 Å². The van der Waals surface area contributed by atoms with E-state index in [0.717, 1.165) is 10.5 Å². The van der Waals surface area contributed by atoms with Gasteiger partial charge in [-0.3, -0.25) is 4.79 Å². The molecule has 0 bridgehead atoms. The Kier molecular flexibility index (Phi) is 5.32. The quantitative estimate of drug-likeness (QED) is 0.829. The Balaban J connectivity index is 2.04. The number of aliphatic hydroxyl groups is 1. The first-order chi connectivity index (χ1) is 10.4. The lowest BCUT2D eigenvalue weighted by Gasteiger charge is -2.25. The van der Waals surface area contributed by atoms with Gasteiger partial charge < -0.3 is 14.4 Å². The molecule has 4 nitrogen and oxygen atoms in total. The van der Waals surface area contributed by atoms with Crippen LogP contribution in [0.25, 0.3) is 0 Å². The lowest BCUT2D eigenvalue weighted by Crippen LogP contribution is -2.39. The molecular weight excluding hydrogens is 298 g/mol. The maximum atomic E-state index is 12.4. The number of likely N-dealkylation sites (N-methyl/N-ethyl adjacent to an activating group) is 1. The number of amides is 1. The van der Waals surface area contributed by atoms with Crippen LogP contribution in [0.4, 0.5) is 0 Å². The topological polar surface area (TPSA) is 53.7 Å². The molecule has 22 heavy (non-hydrogen) atoms. The summed E-state index contributed by atoms with van der Waals surface area (Å²) in [6, 6.07) is 11.8. The van der Waals surface area contributed by atoms with Crippen LogP contribution in [-0.2, 0) is 5.75 Å². The van der Waals surface area contributed by atoms with Gasteiger partial charge in [0, 0.05) is 29.8 Å². The molecule has 0 radical (unpaired) electrons. The highest BCUT2D eigenvalue weighted by molar-refractivity contribution is 7.98. The smallest absolute Gasteiger partial charge is 0.289 e. The van der Waals surface area contributed by atoms with Crippen LogP contribution in [-0.4, -0.2) is 35.1 Å². The zero-order valence-corrected chi connectivity index (χ0v) is 13.9. The van der Waals surface area contributed by atoms with Gasteiger partial charge in [0.15, 0.2) is 5.76 Å². The lowest BCUT2D eigenvalue weighted by atomic mass is 10.1. The van der Waals surface area contributed by atoms with Gasteiger partial charge in [-0.05, 0) is 32.0 Å². The highest BCUT2D eigenvalue weighted by Gasteiger charge is 2.24. The third-order valence-corrected chi connectivity index (χ3v) is 4.11. The van der Waals surface area contributed by atoms with Gasteiger partial charge >= 0.3 is 0 Å². The van der Waals surface area contributed by atoms with Crippen LogP contribution < -0.4 is 0 Å². The number of carbonyl (C=O) groups excluding carboxylic acids is 1. The average molecular weight is 319 g/mol. The number of benzene rings is 1. The molecule has 1 amide bonds. The number of rotatable bonds is 6. The number of hydrogen-bond donors (Lipinski definition) is 1. The summed E-state index contributed by atoms with van der Waals surface area (Å²) in [4.78, 5) is 15.1. The second-order valence-electron chi connectivity index (χ2n) is 5.85. The van der Waals surface area contributed by atoms with Crippen molar-refractivity contribution in [2.24, 2.45) is 0 Å². The number of nitrogens with zero attached hydrogens (tertiary/aromatic N) is 1. The molecule has 2 rings (SSSR count). The molecule has 1 N–H and O–H groups in total. The van der Waals surface area contributed by atoms with Crippen molar-refractivity contribution >= 4 is 17.7 Å². The average Bonchev–Trinajstić information content (AvgIpc) is 2.92. The largest absolute Gasteiger partial charge is 0.459 e. The zero-order valence-electron chi connectivity index (χ0n) is 13.1. The minimum Gasteiger partial charge on any atom is -0.459 e. The molecule has 0 aliphatic heterocycles. The molecule has 1 heterocycles. The van der Waals surface area contributed by atoms with Crippen molar-refractivity contribution in [3.05, 3.63) is 54.0 Å². The van der Waals surface area contributed by atoms with Crippen molar-refractivity contribution in [1.82, 2.24) is 4.90 Å². The first kappa shape index (κ1) is 16.6. The van der Waals surface area contributed by atoms with Crippen LogP contribution in [0.2, 0.25) is 0 Å². The number of furan rings is 1. The SMILES string of the molecule is CN(CC(C)(C)O)C(=O)c1occc1CSc1ccccc1. The van der Waals surface area contributed by atoms with Gasteiger partial charge in [-0.1, -0.05) is 18.2 Å². The molecule has 5 heteroatoms. The van der Waals surface area contributed by atoms with Crippen LogP contribution in [0.1, 0.15) is 30.0 Å². The van der Waals surface area contributed by atoms with Gasteiger partial charge in [-0.2, -0.15) is 0 Å². The molecule has 1 aromatic heterocycles. The maximum absolute atomic E-state index is 12.4. The summed E-state index contributed by atoms with van der Waals surface area (Å²) in [5, 5.41) is 9.83. The Bertz CT molecular complexity index is 616. The van der Waals surface area contributed by atoms with Gasteiger partial charge in [-0.15, -0.1) is 11.8 Å².